The Morgan fingerprint density at radius 1 is 1.11 bits per heavy atom. The van der Waals surface area contributed by atoms with Crippen LogP contribution in [0, 0.1) is 38.0 Å². The van der Waals surface area contributed by atoms with Crippen molar-refractivity contribution in [3.05, 3.63) is 52.2 Å². The van der Waals surface area contributed by atoms with Crippen molar-refractivity contribution in [2.24, 2.45) is 11.0 Å². The van der Waals surface area contributed by atoms with Crippen LogP contribution in [0.15, 0.2) is 29.4 Å². The molecule has 0 spiro atoms. The molecule has 1 aromatic carbocycles. The average molecular weight is 374 g/mol. The fourth-order valence-corrected chi connectivity index (χ4v) is 4.55. The standard InChI is InChI=1S/C23H26N4O/c1-14-10-19(11-15(2)23(14)28)20-12-21(17-6-4-5-7-17)27(26-20)22-9-8-18(13-24)16(3)25-22/h8-11,17,21,28H,4-7,12H2,1-3H3/t21-/m1/s1. The first-order valence-corrected chi connectivity index (χ1v) is 10.0. The van der Waals surface area contributed by atoms with Gasteiger partial charge in [0.1, 0.15) is 17.6 Å². The van der Waals surface area contributed by atoms with Gasteiger partial charge in [0, 0.05) is 6.42 Å². The molecule has 1 aromatic heterocycles. The number of hydrogen-bond donors (Lipinski definition) is 1. The molecular weight excluding hydrogens is 348 g/mol. The molecule has 0 saturated heterocycles. The minimum Gasteiger partial charge on any atom is -0.507 e. The van der Waals surface area contributed by atoms with Gasteiger partial charge >= 0.3 is 0 Å². The van der Waals surface area contributed by atoms with Crippen LogP contribution in [0.3, 0.4) is 0 Å². The van der Waals surface area contributed by atoms with Crippen molar-refractivity contribution in [3.63, 3.8) is 0 Å². The Hall–Kier alpha value is -2.87. The SMILES string of the molecule is Cc1cc(C2=NN(c3ccc(C#N)c(C)n3)[C@@H](C3CCCC3)C2)cc(C)c1O. The van der Waals surface area contributed by atoms with Crippen molar-refractivity contribution in [3.8, 4) is 11.8 Å². The number of phenols is 1. The van der Waals surface area contributed by atoms with Gasteiger partial charge in [0.05, 0.1) is 23.0 Å². The maximum atomic E-state index is 10.1. The first kappa shape index (κ1) is 18.5. The highest BCUT2D eigenvalue weighted by Crippen LogP contribution is 2.38. The first-order chi connectivity index (χ1) is 13.5. The van der Waals surface area contributed by atoms with Gasteiger partial charge in [-0.15, -0.1) is 0 Å². The van der Waals surface area contributed by atoms with Gasteiger partial charge in [-0.05, 0) is 80.5 Å². The van der Waals surface area contributed by atoms with E-state index in [2.05, 4.69) is 16.1 Å². The predicted molar refractivity (Wildman–Crippen MR) is 111 cm³/mol. The third-order valence-electron chi connectivity index (χ3n) is 6.14. The van der Waals surface area contributed by atoms with Crippen LogP contribution in [0.4, 0.5) is 5.82 Å². The smallest absolute Gasteiger partial charge is 0.149 e. The number of anilines is 1. The van der Waals surface area contributed by atoms with E-state index in [-0.39, 0.29) is 0 Å². The summed E-state index contributed by atoms with van der Waals surface area (Å²) in [6.07, 6.45) is 5.90. The van der Waals surface area contributed by atoms with Crippen LogP contribution >= 0.6 is 0 Å². The van der Waals surface area contributed by atoms with Crippen molar-refractivity contribution in [2.45, 2.75) is 58.9 Å². The zero-order valence-corrected chi connectivity index (χ0v) is 16.7. The van der Waals surface area contributed by atoms with E-state index < -0.39 is 0 Å². The lowest BCUT2D eigenvalue weighted by molar-refractivity contribution is 0.428. The number of phenolic OH excluding ortho intramolecular Hbond substituents is 1. The molecule has 2 aliphatic rings. The molecule has 1 aliphatic heterocycles. The normalized spacial score (nSPS) is 19.7. The summed E-state index contributed by atoms with van der Waals surface area (Å²) in [4.78, 5) is 4.68. The maximum absolute atomic E-state index is 10.1. The molecule has 144 valence electrons. The number of nitriles is 1. The van der Waals surface area contributed by atoms with E-state index >= 15 is 0 Å². The number of nitrogens with zero attached hydrogens (tertiary/aromatic N) is 4. The second-order valence-corrected chi connectivity index (χ2v) is 8.08. The minimum atomic E-state index is 0.298. The molecule has 2 aromatic rings. The molecule has 5 heteroatoms. The lowest BCUT2D eigenvalue weighted by Crippen LogP contribution is -2.33. The number of aromatic hydroxyl groups is 1. The van der Waals surface area contributed by atoms with Crippen LogP contribution in [0.2, 0.25) is 0 Å². The van der Waals surface area contributed by atoms with Gasteiger partial charge < -0.3 is 5.11 Å². The van der Waals surface area contributed by atoms with E-state index in [0.29, 0.717) is 23.3 Å². The fourth-order valence-electron chi connectivity index (χ4n) is 4.55. The van der Waals surface area contributed by atoms with E-state index in [1.165, 1.54) is 25.7 Å². The second-order valence-electron chi connectivity index (χ2n) is 8.08. The van der Waals surface area contributed by atoms with E-state index in [0.717, 1.165) is 40.3 Å². The molecule has 0 bridgehead atoms. The molecule has 1 fully saturated rings. The molecule has 0 radical (unpaired) electrons. The monoisotopic (exact) mass is 374 g/mol. The summed E-state index contributed by atoms with van der Waals surface area (Å²) in [5, 5.41) is 26.4. The highest BCUT2D eigenvalue weighted by Gasteiger charge is 2.36. The quantitative estimate of drug-likeness (QED) is 0.841. The van der Waals surface area contributed by atoms with Crippen LogP contribution < -0.4 is 5.01 Å². The number of hydrogen-bond acceptors (Lipinski definition) is 5. The van der Waals surface area contributed by atoms with Crippen molar-refractivity contribution in [1.29, 1.82) is 5.26 Å². The molecule has 0 amide bonds. The summed E-state index contributed by atoms with van der Waals surface area (Å²) in [6.45, 7) is 5.73. The van der Waals surface area contributed by atoms with Gasteiger partial charge in [0.15, 0.2) is 0 Å². The summed E-state index contributed by atoms with van der Waals surface area (Å²) in [7, 11) is 0. The second kappa shape index (κ2) is 7.27. The van der Waals surface area contributed by atoms with Crippen LogP contribution in [0.5, 0.6) is 5.75 Å². The molecule has 0 unspecified atom stereocenters. The topological polar surface area (TPSA) is 72.5 Å². The van der Waals surface area contributed by atoms with Crippen molar-refractivity contribution in [2.75, 3.05) is 5.01 Å². The molecular formula is C23H26N4O. The fraction of sp³-hybridized carbons (Fsp3) is 0.435. The van der Waals surface area contributed by atoms with E-state index in [1.54, 1.807) is 0 Å². The number of aryl methyl sites for hydroxylation is 3. The summed E-state index contributed by atoms with van der Waals surface area (Å²) in [6, 6.07) is 10.3. The van der Waals surface area contributed by atoms with Crippen LogP contribution in [0.25, 0.3) is 0 Å². The van der Waals surface area contributed by atoms with Gasteiger partial charge in [-0.2, -0.15) is 10.4 Å². The van der Waals surface area contributed by atoms with Gasteiger partial charge in [-0.3, -0.25) is 0 Å². The molecule has 28 heavy (non-hydrogen) atoms. The van der Waals surface area contributed by atoms with Crippen molar-refractivity contribution >= 4 is 11.5 Å². The Balaban J connectivity index is 1.74. The lowest BCUT2D eigenvalue weighted by Gasteiger charge is -2.27. The zero-order valence-electron chi connectivity index (χ0n) is 16.7. The first-order valence-electron chi connectivity index (χ1n) is 10.0. The van der Waals surface area contributed by atoms with Gasteiger partial charge in [-0.1, -0.05) is 12.8 Å². The molecule has 5 nitrogen and oxygen atoms in total. The van der Waals surface area contributed by atoms with Gasteiger partial charge in [-0.25, -0.2) is 9.99 Å². The molecule has 1 saturated carbocycles. The van der Waals surface area contributed by atoms with E-state index in [1.807, 2.05) is 45.0 Å². The minimum absolute atomic E-state index is 0.298. The Kier molecular flexibility index (Phi) is 4.80. The Labute approximate surface area is 166 Å². The van der Waals surface area contributed by atoms with E-state index in [4.69, 9.17) is 5.10 Å². The highest BCUT2D eigenvalue weighted by atomic mass is 16.3. The molecule has 2 heterocycles. The third-order valence-corrected chi connectivity index (χ3v) is 6.14. The lowest BCUT2D eigenvalue weighted by atomic mass is 9.91. The summed E-state index contributed by atoms with van der Waals surface area (Å²) in [5.41, 5.74) is 5.22. The molecule has 1 aliphatic carbocycles. The number of benzene rings is 1. The van der Waals surface area contributed by atoms with E-state index in [9.17, 15) is 10.4 Å². The zero-order chi connectivity index (χ0) is 19.8. The van der Waals surface area contributed by atoms with Crippen molar-refractivity contribution < 1.29 is 5.11 Å². The predicted octanol–water partition coefficient (Wildman–Crippen LogP) is 4.76. The maximum Gasteiger partial charge on any atom is 0.149 e. The summed E-state index contributed by atoms with van der Waals surface area (Å²) < 4.78 is 0. The Morgan fingerprint density at radius 3 is 2.39 bits per heavy atom. The van der Waals surface area contributed by atoms with Crippen LogP contribution in [-0.4, -0.2) is 21.8 Å². The van der Waals surface area contributed by atoms with Gasteiger partial charge in [0.2, 0.25) is 0 Å². The Morgan fingerprint density at radius 2 is 1.79 bits per heavy atom. The molecule has 1 N–H and O–H groups in total. The number of aromatic nitrogens is 1. The number of hydrazone groups is 1. The molecule has 4 rings (SSSR count). The van der Waals surface area contributed by atoms with Gasteiger partial charge in [0.25, 0.3) is 0 Å². The number of pyridine rings is 1. The van der Waals surface area contributed by atoms with Crippen molar-refractivity contribution in [1.82, 2.24) is 4.98 Å². The summed E-state index contributed by atoms with van der Waals surface area (Å²) in [5.74, 6) is 1.78. The van der Waals surface area contributed by atoms with Crippen LogP contribution in [-0.2, 0) is 0 Å². The molecule has 1 atom stereocenters. The Bertz CT molecular complexity index is 960. The average Bonchev–Trinajstić information content (AvgIpc) is 3.35. The summed E-state index contributed by atoms with van der Waals surface area (Å²) >= 11 is 0. The number of rotatable bonds is 3. The highest BCUT2D eigenvalue weighted by molar-refractivity contribution is 6.03. The van der Waals surface area contributed by atoms with Crippen LogP contribution in [0.1, 0.15) is 60.1 Å². The third kappa shape index (κ3) is 3.24. The largest absolute Gasteiger partial charge is 0.507 e.